The molecule has 1 fully saturated rings. The van der Waals surface area contributed by atoms with Crippen LogP contribution in [-0.4, -0.2) is 36.3 Å². The molecule has 1 amide bonds. The van der Waals surface area contributed by atoms with E-state index in [0.29, 0.717) is 29.5 Å². The molecule has 30 heavy (non-hydrogen) atoms. The molecule has 2 heterocycles. The predicted molar refractivity (Wildman–Crippen MR) is 118 cm³/mol. The minimum atomic E-state index is -0.213. The topological polar surface area (TPSA) is 58.6 Å². The Morgan fingerprint density at radius 1 is 1.17 bits per heavy atom. The Kier molecular flexibility index (Phi) is 5.91. The van der Waals surface area contributed by atoms with Gasteiger partial charge in [-0.15, -0.1) is 0 Å². The molecule has 5 heteroatoms. The van der Waals surface area contributed by atoms with Crippen molar-refractivity contribution in [3.63, 3.8) is 0 Å². The maximum absolute atomic E-state index is 13.0. The molecule has 4 rings (SSSR count). The van der Waals surface area contributed by atoms with E-state index in [0.717, 1.165) is 18.7 Å². The van der Waals surface area contributed by atoms with E-state index in [-0.39, 0.29) is 17.6 Å². The molecule has 2 aliphatic rings. The molecule has 1 atom stereocenters. The highest BCUT2D eigenvalue weighted by atomic mass is 16.5. The molecule has 0 aliphatic carbocycles. The van der Waals surface area contributed by atoms with Crippen molar-refractivity contribution < 1.29 is 14.3 Å². The fraction of sp³-hybridized carbons (Fsp3) is 0.440. The molecule has 5 nitrogen and oxygen atoms in total. The van der Waals surface area contributed by atoms with Gasteiger partial charge in [-0.3, -0.25) is 14.5 Å². The lowest BCUT2D eigenvalue weighted by Crippen LogP contribution is -2.31. The normalized spacial score (nSPS) is 18.1. The zero-order valence-corrected chi connectivity index (χ0v) is 18.0. The van der Waals surface area contributed by atoms with E-state index in [4.69, 9.17) is 4.74 Å². The Hall–Kier alpha value is -2.66. The van der Waals surface area contributed by atoms with Crippen molar-refractivity contribution in [1.29, 1.82) is 0 Å². The highest BCUT2D eigenvalue weighted by molar-refractivity contribution is 6.07. The van der Waals surface area contributed by atoms with Crippen molar-refractivity contribution in [3.8, 4) is 5.75 Å². The zero-order chi connectivity index (χ0) is 21.3. The lowest BCUT2D eigenvalue weighted by Gasteiger charge is -2.32. The molecular formula is C25H30N2O3. The van der Waals surface area contributed by atoms with Crippen LogP contribution < -0.4 is 10.1 Å². The molecular weight excluding hydrogens is 376 g/mol. The summed E-state index contributed by atoms with van der Waals surface area (Å²) < 4.78 is 5.61. The van der Waals surface area contributed by atoms with Crippen LogP contribution in [0.4, 0.5) is 5.69 Å². The van der Waals surface area contributed by atoms with Crippen molar-refractivity contribution in [3.05, 3.63) is 58.7 Å². The Morgan fingerprint density at radius 3 is 2.77 bits per heavy atom. The van der Waals surface area contributed by atoms with E-state index in [1.807, 2.05) is 26.8 Å². The summed E-state index contributed by atoms with van der Waals surface area (Å²) in [7, 11) is 0. The molecule has 2 aliphatic heterocycles. The summed E-state index contributed by atoms with van der Waals surface area (Å²) in [5, 5.41) is 3.03. The first kappa shape index (κ1) is 20.6. The van der Waals surface area contributed by atoms with Gasteiger partial charge in [-0.1, -0.05) is 19.9 Å². The number of fused-ring (bicyclic) bond motifs is 3. The summed E-state index contributed by atoms with van der Waals surface area (Å²) in [6, 6.07) is 11.8. The third-order valence-corrected chi connectivity index (χ3v) is 6.13. The number of carbonyl (C=O) groups is 2. The standard InChI is InChI=1S/C25H30N2O3/c1-4-30-23-10-8-18(14-21(23)24(28)16(2)3)25(29)26-19-9-7-17-11-13-27-12-5-6-22(27)20(17)15-19/h7-10,14-16,22H,4-6,11-13H2,1-3H3,(H,26,29). The van der Waals surface area contributed by atoms with Crippen LogP contribution in [0.15, 0.2) is 36.4 Å². The van der Waals surface area contributed by atoms with Gasteiger partial charge < -0.3 is 10.1 Å². The number of nitrogens with one attached hydrogen (secondary N) is 1. The average molecular weight is 407 g/mol. The van der Waals surface area contributed by atoms with Crippen molar-refractivity contribution in [2.24, 2.45) is 5.92 Å². The number of anilines is 1. The third kappa shape index (κ3) is 3.99. The summed E-state index contributed by atoms with van der Waals surface area (Å²) >= 11 is 0. The Balaban J connectivity index is 1.58. The van der Waals surface area contributed by atoms with Gasteiger partial charge in [-0.25, -0.2) is 0 Å². The molecule has 0 saturated carbocycles. The van der Waals surface area contributed by atoms with Gasteiger partial charge in [-0.2, -0.15) is 0 Å². The van der Waals surface area contributed by atoms with Gasteiger partial charge >= 0.3 is 0 Å². The lowest BCUT2D eigenvalue weighted by molar-refractivity contribution is 0.0935. The number of carbonyl (C=O) groups excluding carboxylic acids is 2. The Bertz CT molecular complexity index is 967. The molecule has 2 aromatic carbocycles. The van der Waals surface area contributed by atoms with Crippen LogP contribution in [0.1, 0.15) is 71.5 Å². The number of hydrogen-bond donors (Lipinski definition) is 1. The molecule has 0 aromatic heterocycles. The molecule has 0 radical (unpaired) electrons. The molecule has 0 spiro atoms. The largest absolute Gasteiger partial charge is 0.493 e. The molecule has 1 saturated heterocycles. The van der Waals surface area contributed by atoms with Crippen LogP contribution in [0.3, 0.4) is 0 Å². The second-order valence-electron chi connectivity index (χ2n) is 8.47. The lowest BCUT2D eigenvalue weighted by atomic mass is 9.92. The van der Waals surface area contributed by atoms with E-state index >= 15 is 0 Å². The van der Waals surface area contributed by atoms with Crippen LogP contribution in [0.2, 0.25) is 0 Å². The number of rotatable bonds is 6. The third-order valence-electron chi connectivity index (χ3n) is 6.13. The summed E-state index contributed by atoms with van der Waals surface area (Å²) in [6.45, 7) is 8.35. The minimum Gasteiger partial charge on any atom is -0.493 e. The second-order valence-corrected chi connectivity index (χ2v) is 8.47. The number of amides is 1. The maximum Gasteiger partial charge on any atom is 0.255 e. The Morgan fingerprint density at radius 2 is 2.00 bits per heavy atom. The van der Waals surface area contributed by atoms with Crippen LogP contribution in [0, 0.1) is 5.92 Å². The summed E-state index contributed by atoms with van der Waals surface area (Å²) in [5.41, 5.74) is 4.47. The van der Waals surface area contributed by atoms with Crippen LogP contribution in [0.5, 0.6) is 5.75 Å². The SMILES string of the molecule is CCOc1ccc(C(=O)Nc2ccc3c(c2)C2CCCN2CC3)cc1C(=O)C(C)C. The second kappa shape index (κ2) is 8.60. The summed E-state index contributed by atoms with van der Waals surface area (Å²) in [5.74, 6) is 0.124. The van der Waals surface area contributed by atoms with Gasteiger partial charge in [-0.05, 0) is 74.2 Å². The van der Waals surface area contributed by atoms with Gasteiger partial charge in [0.1, 0.15) is 5.75 Å². The first-order chi connectivity index (χ1) is 14.5. The van der Waals surface area contributed by atoms with Crippen LogP contribution in [0.25, 0.3) is 0 Å². The highest BCUT2D eigenvalue weighted by Crippen LogP contribution is 2.38. The van der Waals surface area contributed by atoms with E-state index < -0.39 is 0 Å². The number of ketones is 1. The quantitative estimate of drug-likeness (QED) is 0.696. The number of Topliss-reactive ketones (excluding diaryl/α,β-unsaturated/α-hetero) is 1. The van der Waals surface area contributed by atoms with E-state index in [1.165, 1.54) is 30.5 Å². The highest BCUT2D eigenvalue weighted by Gasteiger charge is 2.31. The van der Waals surface area contributed by atoms with Gasteiger partial charge in [0.2, 0.25) is 0 Å². The first-order valence-electron chi connectivity index (χ1n) is 11.0. The van der Waals surface area contributed by atoms with Gasteiger partial charge in [0, 0.05) is 29.8 Å². The number of nitrogens with zero attached hydrogens (tertiary/aromatic N) is 1. The summed E-state index contributed by atoms with van der Waals surface area (Å²) in [4.78, 5) is 28.1. The van der Waals surface area contributed by atoms with E-state index in [9.17, 15) is 9.59 Å². The first-order valence-corrected chi connectivity index (χ1v) is 11.0. The molecule has 158 valence electrons. The van der Waals surface area contributed by atoms with Gasteiger partial charge in [0.15, 0.2) is 5.78 Å². The maximum atomic E-state index is 13.0. The zero-order valence-electron chi connectivity index (χ0n) is 18.0. The number of hydrogen-bond acceptors (Lipinski definition) is 4. The molecule has 1 unspecified atom stereocenters. The fourth-order valence-corrected chi connectivity index (χ4v) is 4.58. The van der Waals surface area contributed by atoms with Gasteiger partial charge in [0.25, 0.3) is 5.91 Å². The van der Waals surface area contributed by atoms with Crippen molar-refractivity contribution in [1.82, 2.24) is 4.90 Å². The number of ether oxygens (including phenoxy) is 1. The summed E-state index contributed by atoms with van der Waals surface area (Å²) in [6.07, 6.45) is 3.49. The molecule has 1 N–H and O–H groups in total. The van der Waals surface area contributed by atoms with Crippen molar-refractivity contribution in [2.75, 3.05) is 25.0 Å². The smallest absolute Gasteiger partial charge is 0.255 e. The molecule has 2 aromatic rings. The molecule has 0 bridgehead atoms. The van der Waals surface area contributed by atoms with Crippen molar-refractivity contribution >= 4 is 17.4 Å². The number of benzene rings is 2. The predicted octanol–water partition coefficient (Wildman–Crippen LogP) is 4.87. The minimum absolute atomic E-state index is 0.0248. The Labute approximate surface area is 178 Å². The van der Waals surface area contributed by atoms with E-state index in [1.54, 1.807) is 18.2 Å². The monoisotopic (exact) mass is 406 g/mol. The van der Waals surface area contributed by atoms with Crippen LogP contribution in [-0.2, 0) is 6.42 Å². The van der Waals surface area contributed by atoms with Crippen molar-refractivity contribution in [2.45, 2.75) is 46.1 Å². The van der Waals surface area contributed by atoms with Gasteiger partial charge in [0.05, 0.1) is 12.2 Å². The van der Waals surface area contributed by atoms with Crippen LogP contribution >= 0.6 is 0 Å². The fourth-order valence-electron chi connectivity index (χ4n) is 4.58. The van der Waals surface area contributed by atoms with E-state index in [2.05, 4.69) is 22.3 Å². The average Bonchev–Trinajstić information content (AvgIpc) is 3.23.